The van der Waals surface area contributed by atoms with Crippen LogP contribution in [0.15, 0.2) is 0 Å². The van der Waals surface area contributed by atoms with E-state index in [1.54, 1.807) is 0 Å². The topological polar surface area (TPSA) is 46.2 Å². The average Bonchev–Trinajstić information content (AvgIpc) is 1.85. The first-order valence-electron chi connectivity index (χ1n) is 4.49. The predicted molar refractivity (Wildman–Crippen MR) is 46.2 cm³/mol. The summed E-state index contributed by atoms with van der Waals surface area (Å²) < 4.78 is 0. The van der Waals surface area contributed by atoms with Gasteiger partial charge in [0.1, 0.15) is 0 Å². The number of nitrogens with two attached hydrogens (primary N) is 1. The van der Waals surface area contributed by atoms with Gasteiger partial charge in [0.15, 0.2) is 0 Å². The summed E-state index contributed by atoms with van der Waals surface area (Å²) in [6, 6.07) is 0.238. The minimum absolute atomic E-state index is 0.238. The summed E-state index contributed by atoms with van der Waals surface area (Å²) in [5, 5.41) is 9.74. The van der Waals surface area contributed by atoms with Crippen molar-refractivity contribution in [3.8, 4) is 0 Å². The van der Waals surface area contributed by atoms with Gasteiger partial charge in [0.25, 0.3) is 0 Å². The van der Waals surface area contributed by atoms with Crippen molar-refractivity contribution in [2.24, 2.45) is 11.7 Å². The Morgan fingerprint density at radius 2 is 2.27 bits per heavy atom. The normalized spacial score (nSPS) is 42.0. The van der Waals surface area contributed by atoms with Crippen LogP contribution in [0.1, 0.15) is 39.5 Å². The Kier molecular flexibility index (Phi) is 2.55. The van der Waals surface area contributed by atoms with E-state index in [1.165, 1.54) is 6.42 Å². The molecule has 3 unspecified atom stereocenters. The maximum atomic E-state index is 9.74. The van der Waals surface area contributed by atoms with Crippen molar-refractivity contribution in [1.82, 2.24) is 0 Å². The Balaban J connectivity index is 2.46. The van der Waals surface area contributed by atoms with Crippen LogP contribution in [0.5, 0.6) is 0 Å². The molecular weight excluding hydrogens is 138 g/mol. The molecule has 0 radical (unpaired) electrons. The SMILES string of the molecule is CC(N)C1CCCC(C)(O)C1. The summed E-state index contributed by atoms with van der Waals surface area (Å²) in [5.74, 6) is 0.527. The molecule has 0 amide bonds. The molecule has 2 heteroatoms. The van der Waals surface area contributed by atoms with Crippen molar-refractivity contribution in [3.05, 3.63) is 0 Å². The van der Waals surface area contributed by atoms with Gasteiger partial charge in [-0.3, -0.25) is 0 Å². The zero-order valence-corrected chi connectivity index (χ0v) is 7.51. The van der Waals surface area contributed by atoms with Gasteiger partial charge in [0, 0.05) is 6.04 Å². The van der Waals surface area contributed by atoms with Gasteiger partial charge in [-0.1, -0.05) is 6.42 Å². The lowest BCUT2D eigenvalue weighted by Gasteiger charge is -2.35. The lowest BCUT2D eigenvalue weighted by molar-refractivity contribution is -0.00276. The molecule has 66 valence electrons. The van der Waals surface area contributed by atoms with Gasteiger partial charge in [-0.15, -0.1) is 0 Å². The van der Waals surface area contributed by atoms with E-state index < -0.39 is 5.60 Å². The second-order valence-corrected chi connectivity index (χ2v) is 4.21. The maximum absolute atomic E-state index is 9.74. The van der Waals surface area contributed by atoms with E-state index in [4.69, 9.17) is 5.73 Å². The van der Waals surface area contributed by atoms with Gasteiger partial charge in [-0.25, -0.2) is 0 Å². The summed E-state index contributed by atoms with van der Waals surface area (Å²) in [6.45, 7) is 3.95. The molecule has 0 spiro atoms. The van der Waals surface area contributed by atoms with Gasteiger partial charge in [0.05, 0.1) is 5.60 Å². The molecule has 11 heavy (non-hydrogen) atoms. The third kappa shape index (κ3) is 2.46. The second kappa shape index (κ2) is 3.11. The largest absolute Gasteiger partial charge is 0.390 e. The van der Waals surface area contributed by atoms with E-state index in [1.807, 2.05) is 13.8 Å². The first-order valence-corrected chi connectivity index (χ1v) is 4.49. The molecule has 1 fully saturated rings. The second-order valence-electron chi connectivity index (χ2n) is 4.21. The lowest BCUT2D eigenvalue weighted by atomic mass is 9.76. The number of rotatable bonds is 1. The first-order chi connectivity index (χ1) is 5.01. The maximum Gasteiger partial charge on any atom is 0.0623 e. The van der Waals surface area contributed by atoms with Crippen LogP contribution in [0, 0.1) is 5.92 Å². The Morgan fingerprint density at radius 1 is 1.64 bits per heavy atom. The van der Waals surface area contributed by atoms with Crippen molar-refractivity contribution in [1.29, 1.82) is 0 Å². The third-order valence-electron chi connectivity index (χ3n) is 2.74. The fourth-order valence-corrected chi connectivity index (χ4v) is 1.96. The molecule has 1 saturated carbocycles. The zero-order valence-electron chi connectivity index (χ0n) is 7.51. The van der Waals surface area contributed by atoms with Crippen LogP contribution in [0.3, 0.4) is 0 Å². The number of hydrogen-bond donors (Lipinski definition) is 2. The van der Waals surface area contributed by atoms with E-state index in [2.05, 4.69) is 0 Å². The minimum atomic E-state index is -0.448. The molecule has 0 aromatic heterocycles. The monoisotopic (exact) mass is 157 g/mol. The van der Waals surface area contributed by atoms with E-state index in [0.29, 0.717) is 5.92 Å². The minimum Gasteiger partial charge on any atom is -0.390 e. The Bertz CT molecular complexity index is 132. The average molecular weight is 157 g/mol. The van der Waals surface area contributed by atoms with Crippen LogP contribution in [0.2, 0.25) is 0 Å². The van der Waals surface area contributed by atoms with Crippen molar-refractivity contribution in [2.45, 2.75) is 51.2 Å². The van der Waals surface area contributed by atoms with Gasteiger partial charge in [-0.2, -0.15) is 0 Å². The van der Waals surface area contributed by atoms with Crippen molar-refractivity contribution in [3.63, 3.8) is 0 Å². The van der Waals surface area contributed by atoms with Crippen molar-refractivity contribution >= 4 is 0 Å². The highest BCUT2D eigenvalue weighted by molar-refractivity contribution is 4.85. The molecule has 0 saturated heterocycles. The van der Waals surface area contributed by atoms with Gasteiger partial charge < -0.3 is 10.8 Å². The summed E-state index contributed by atoms with van der Waals surface area (Å²) in [7, 11) is 0. The first kappa shape index (κ1) is 9.01. The highest BCUT2D eigenvalue weighted by Gasteiger charge is 2.31. The van der Waals surface area contributed by atoms with Crippen LogP contribution in [-0.4, -0.2) is 16.7 Å². The van der Waals surface area contributed by atoms with E-state index in [-0.39, 0.29) is 6.04 Å². The molecule has 3 N–H and O–H groups in total. The molecule has 0 aromatic carbocycles. The summed E-state index contributed by atoms with van der Waals surface area (Å²) in [4.78, 5) is 0. The molecule has 0 aromatic rings. The predicted octanol–water partition coefficient (Wildman–Crippen LogP) is 1.27. The van der Waals surface area contributed by atoms with Crippen LogP contribution in [0.4, 0.5) is 0 Å². The quantitative estimate of drug-likeness (QED) is 0.602. The highest BCUT2D eigenvalue weighted by Crippen LogP contribution is 2.33. The highest BCUT2D eigenvalue weighted by atomic mass is 16.3. The smallest absolute Gasteiger partial charge is 0.0623 e. The molecule has 1 aliphatic carbocycles. The third-order valence-corrected chi connectivity index (χ3v) is 2.74. The van der Waals surface area contributed by atoms with E-state index in [0.717, 1.165) is 19.3 Å². The van der Waals surface area contributed by atoms with Crippen molar-refractivity contribution < 1.29 is 5.11 Å². The van der Waals surface area contributed by atoms with Gasteiger partial charge >= 0.3 is 0 Å². The van der Waals surface area contributed by atoms with Crippen LogP contribution >= 0.6 is 0 Å². The summed E-state index contributed by atoms with van der Waals surface area (Å²) >= 11 is 0. The summed E-state index contributed by atoms with van der Waals surface area (Å²) in [6.07, 6.45) is 4.13. The molecule has 1 aliphatic rings. The van der Waals surface area contributed by atoms with E-state index in [9.17, 15) is 5.11 Å². The Hall–Kier alpha value is -0.0800. The van der Waals surface area contributed by atoms with E-state index >= 15 is 0 Å². The molecule has 0 bridgehead atoms. The Labute approximate surface area is 68.8 Å². The molecular formula is C9H19NO. The fourth-order valence-electron chi connectivity index (χ4n) is 1.96. The number of aliphatic hydroxyl groups is 1. The van der Waals surface area contributed by atoms with Crippen LogP contribution in [0.25, 0.3) is 0 Å². The number of hydrogen-bond acceptors (Lipinski definition) is 2. The molecule has 0 heterocycles. The van der Waals surface area contributed by atoms with Gasteiger partial charge in [-0.05, 0) is 39.0 Å². The Morgan fingerprint density at radius 3 is 2.64 bits per heavy atom. The van der Waals surface area contributed by atoms with Gasteiger partial charge in [0.2, 0.25) is 0 Å². The molecule has 0 aliphatic heterocycles. The van der Waals surface area contributed by atoms with Crippen LogP contribution in [-0.2, 0) is 0 Å². The zero-order chi connectivity index (χ0) is 8.48. The standard InChI is InChI=1S/C9H19NO/c1-7(10)8-4-3-5-9(2,11)6-8/h7-8,11H,3-6,10H2,1-2H3. The van der Waals surface area contributed by atoms with Crippen molar-refractivity contribution in [2.75, 3.05) is 0 Å². The fraction of sp³-hybridized carbons (Fsp3) is 1.00. The lowest BCUT2D eigenvalue weighted by Crippen LogP contribution is -2.38. The molecule has 1 rings (SSSR count). The molecule has 2 nitrogen and oxygen atoms in total. The molecule has 3 atom stereocenters. The summed E-state index contributed by atoms with van der Waals surface area (Å²) in [5.41, 5.74) is 5.33. The van der Waals surface area contributed by atoms with Crippen LogP contribution < -0.4 is 5.73 Å².